The minimum absolute atomic E-state index is 0.298. The average molecular weight is 254 g/mol. The first kappa shape index (κ1) is 11.0. The van der Waals surface area contributed by atoms with E-state index in [1.54, 1.807) is 0 Å². The van der Waals surface area contributed by atoms with Crippen LogP contribution in [0.1, 0.15) is 23.3 Å². The van der Waals surface area contributed by atoms with Crippen molar-refractivity contribution >= 4 is 0 Å². The van der Waals surface area contributed by atoms with Gasteiger partial charge in [0.15, 0.2) is 0 Å². The molecule has 2 atom stereocenters. The maximum atomic E-state index is 5.81. The lowest BCUT2D eigenvalue weighted by atomic mass is 10.1. The first-order valence-corrected chi connectivity index (χ1v) is 6.49. The molecule has 0 spiro atoms. The third kappa shape index (κ3) is 2.48. The van der Waals surface area contributed by atoms with Crippen molar-refractivity contribution in [3.8, 4) is 11.5 Å². The molecule has 0 aliphatic carbocycles. The van der Waals surface area contributed by atoms with Crippen LogP contribution in [-0.4, -0.2) is 13.2 Å². The van der Waals surface area contributed by atoms with Gasteiger partial charge in [-0.05, 0) is 35.4 Å². The molecule has 2 aromatic rings. The Hall–Kier alpha value is -1.84. The van der Waals surface area contributed by atoms with E-state index in [0.717, 1.165) is 24.7 Å². The number of hydrogen-bond donors (Lipinski definition) is 0. The van der Waals surface area contributed by atoms with Crippen LogP contribution in [0.5, 0.6) is 11.5 Å². The Labute approximate surface area is 111 Å². The largest absolute Gasteiger partial charge is 0.457 e. The Morgan fingerprint density at radius 2 is 1.05 bits per heavy atom. The van der Waals surface area contributed by atoms with E-state index in [2.05, 4.69) is 24.3 Å². The summed E-state index contributed by atoms with van der Waals surface area (Å²) >= 11 is 0. The Kier molecular flexibility index (Phi) is 2.53. The molecular formula is C16H14O3. The lowest BCUT2D eigenvalue weighted by Gasteiger charge is -2.06. The number of epoxide rings is 2. The summed E-state index contributed by atoms with van der Waals surface area (Å²) in [6, 6.07) is 16.1. The van der Waals surface area contributed by atoms with Gasteiger partial charge in [-0.3, -0.25) is 0 Å². The zero-order valence-corrected chi connectivity index (χ0v) is 10.4. The summed E-state index contributed by atoms with van der Waals surface area (Å²) in [7, 11) is 0. The topological polar surface area (TPSA) is 34.3 Å². The van der Waals surface area contributed by atoms with Crippen LogP contribution in [0.15, 0.2) is 48.5 Å². The Bertz CT molecular complexity index is 512. The smallest absolute Gasteiger partial charge is 0.127 e. The van der Waals surface area contributed by atoms with Crippen molar-refractivity contribution in [2.75, 3.05) is 13.2 Å². The number of rotatable bonds is 4. The fourth-order valence-corrected chi connectivity index (χ4v) is 2.12. The average Bonchev–Trinajstić information content (AvgIpc) is 3.31. The molecule has 2 heterocycles. The van der Waals surface area contributed by atoms with E-state index < -0.39 is 0 Å². The number of ether oxygens (including phenoxy) is 3. The molecule has 2 aliphatic heterocycles. The maximum absolute atomic E-state index is 5.81. The minimum Gasteiger partial charge on any atom is -0.457 e. The van der Waals surface area contributed by atoms with E-state index in [4.69, 9.17) is 14.2 Å². The van der Waals surface area contributed by atoms with Crippen LogP contribution in [0, 0.1) is 0 Å². The molecular weight excluding hydrogens is 240 g/mol. The van der Waals surface area contributed by atoms with Gasteiger partial charge in [-0.2, -0.15) is 0 Å². The molecule has 2 aliphatic rings. The van der Waals surface area contributed by atoms with E-state index in [1.807, 2.05) is 24.3 Å². The monoisotopic (exact) mass is 254 g/mol. The lowest BCUT2D eigenvalue weighted by molar-refractivity contribution is 0.415. The van der Waals surface area contributed by atoms with Crippen molar-refractivity contribution in [1.82, 2.24) is 0 Å². The van der Waals surface area contributed by atoms with Crippen LogP contribution >= 0.6 is 0 Å². The van der Waals surface area contributed by atoms with Crippen LogP contribution in [0.25, 0.3) is 0 Å². The molecule has 2 aromatic carbocycles. The van der Waals surface area contributed by atoms with Crippen LogP contribution < -0.4 is 4.74 Å². The van der Waals surface area contributed by atoms with Gasteiger partial charge in [0, 0.05) is 0 Å². The van der Waals surface area contributed by atoms with Gasteiger partial charge in [-0.15, -0.1) is 0 Å². The molecule has 96 valence electrons. The predicted octanol–water partition coefficient (Wildman–Crippen LogP) is 3.62. The molecule has 0 unspecified atom stereocenters. The van der Waals surface area contributed by atoms with E-state index in [-0.39, 0.29) is 0 Å². The second kappa shape index (κ2) is 4.37. The SMILES string of the molecule is c1cc([C@@H]2CO2)ccc1Oc1ccc([C@H]2CO2)cc1. The molecule has 2 saturated heterocycles. The van der Waals surface area contributed by atoms with Gasteiger partial charge >= 0.3 is 0 Å². The van der Waals surface area contributed by atoms with E-state index in [0.29, 0.717) is 12.2 Å². The first-order valence-electron chi connectivity index (χ1n) is 6.49. The van der Waals surface area contributed by atoms with E-state index in [1.165, 1.54) is 11.1 Å². The fourth-order valence-electron chi connectivity index (χ4n) is 2.12. The normalized spacial score (nSPS) is 24.0. The van der Waals surface area contributed by atoms with Crippen molar-refractivity contribution in [3.63, 3.8) is 0 Å². The van der Waals surface area contributed by atoms with Crippen LogP contribution in [0.4, 0.5) is 0 Å². The van der Waals surface area contributed by atoms with Crippen molar-refractivity contribution < 1.29 is 14.2 Å². The van der Waals surface area contributed by atoms with Crippen LogP contribution in [0.3, 0.4) is 0 Å². The van der Waals surface area contributed by atoms with Gasteiger partial charge in [0.2, 0.25) is 0 Å². The third-order valence-electron chi connectivity index (χ3n) is 3.41. The number of benzene rings is 2. The highest BCUT2D eigenvalue weighted by molar-refractivity contribution is 5.36. The van der Waals surface area contributed by atoms with Crippen LogP contribution in [0.2, 0.25) is 0 Å². The standard InChI is InChI=1S/C16H14O3/c1-5-13(6-2-11(1)15-9-17-15)19-14-7-3-12(4-8-14)16-10-18-16/h1-8,15-16H,9-10H2/t15-,16+. The van der Waals surface area contributed by atoms with Gasteiger partial charge in [-0.25, -0.2) is 0 Å². The molecule has 4 rings (SSSR count). The summed E-state index contributed by atoms with van der Waals surface area (Å²) < 4.78 is 16.3. The molecule has 19 heavy (non-hydrogen) atoms. The van der Waals surface area contributed by atoms with Crippen molar-refractivity contribution in [2.24, 2.45) is 0 Å². The van der Waals surface area contributed by atoms with Gasteiger partial charge in [-0.1, -0.05) is 24.3 Å². The second-order valence-corrected chi connectivity index (χ2v) is 4.88. The maximum Gasteiger partial charge on any atom is 0.127 e. The summed E-state index contributed by atoms with van der Waals surface area (Å²) in [4.78, 5) is 0. The molecule has 3 nitrogen and oxygen atoms in total. The van der Waals surface area contributed by atoms with E-state index in [9.17, 15) is 0 Å². The molecule has 3 heteroatoms. The summed E-state index contributed by atoms with van der Waals surface area (Å²) in [5, 5.41) is 0. The molecule has 0 saturated carbocycles. The van der Waals surface area contributed by atoms with Crippen molar-refractivity contribution in [1.29, 1.82) is 0 Å². The molecule has 2 fully saturated rings. The highest BCUT2D eigenvalue weighted by Gasteiger charge is 2.25. The van der Waals surface area contributed by atoms with Gasteiger partial charge < -0.3 is 14.2 Å². The second-order valence-electron chi connectivity index (χ2n) is 4.88. The fraction of sp³-hybridized carbons (Fsp3) is 0.250. The van der Waals surface area contributed by atoms with Crippen molar-refractivity contribution in [3.05, 3.63) is 59.7 Å². The zero-order valence-electron chi connectivity index (χ0n) is 10.4. The summed E-state index contributed by atoms with van der Waals surface area (Å²) in [5.74, 6) is 1.69. The Balaban J connectivity index is 1.46. The molecule has 0 aromatic heterocycles. The van der Waals surface area contributed by atoms with Gasteiger partial charge in [0.25, 0.3) is 0 Å². The first-order chi connectivity index (χ1) is 9.38. The van der Waals surface area contributed by atoms with Gasteiger partial charge in [0.1, 0.15) is 23.7 Å². The third-order valence-corrected chi connectivity index (χ3v) is 3.41. The quantitative estimate of drug-likeness (QED) is 0.781. The zero-order chi connectivity index (χ0) is 12.7. The minimum atomic E-state index is 0.298. The molecule has 0 N–H and O–H groups in total. The molecule has 0 radical (unpaired) electrons. The van der Waals surface area contributed by atoms with Crippen LogP contribution in [-0.2, 0) is 9.47 Å². The van der Waals surface area contributed by atoms with E-state index >= 15 is 0 Å². The molecule has 0 bridgehead atoms. The molecule has 0 amide bonds. The summed E-state index contributed by atoms with van der Waals surface area (Å²) in [5.41, 5.74) is 2.43. The van der Waals surface area contributed by atoms with Gasteiger partial charge in [0.05, 0.1) is 13.2 Å². The Morgan fingerprint density at radius 1 is 0.684 bits per heavy atom. The highest BCUT2D eigenvalue weighted by atomic mass is 16.6. The summed E-state index contributed by atoms with van der Waals surface area (Å²) in [6.45, 7) is 1.68. The summed E-state index contributed by atoms with van der Waals surface area (Å²) in [6.07, 6.45) is 0.596. The Morgan fingerprint density at radius 3 is 1.37 bits per heavy atom. The van der Waals surface area contributed by atoms with Crippen molar-refractivity contribution in [2.45, 2.75) is 12.2 Å². The highest BCUT2D eigenvalue weighted by Crippen LogP contribution is 2.33. The predicted molar refractivity (Wildman–Crippen MR) is 70.3 cm³/mol. The lowest BCUT2D eigenvalue weighted by Crippen LogP contribution is -1.87. The number of hydrogen-bond acceptors (Lipinski definition) is 3.